The second-order valence-electron chi connectivity index (χ2n) is 8.74. The molecular weight excluding hydrogens is 352 g/mol. The monoisotopic (exact) mass is 386 g/mol. The van der Waals surface area contributed by atoms with Gasteiger partial charge in [0, 0.05) is 37.7 Å². The Morgan fingerprint density at radius 2 is 1.89 bits per heavy atom. The molecule has 1 amide bonds. The number of H-pyrrole nitrogens is 1. The second kappa shape index (κ2) is 8.76. The van der Waals surface area contributed by atoms with Gasteiger partial charge in [0.05, 0.1) is 11.7 Å². The first kappa shape index (κ1) is 19.6. The van der Waals surface area contributed by atoms with Crippen molar-refractivity contribution in [3.63, 3.8) is 0 Å². The fourth-order valence-corrected chi connectivity index (χ4v) is 5.27. The van der Waals surface area contributed by atoms with Crippen molar-refractivity contribution in [3.05, 3.63) is 27.4 Å². The van der Waals surface area contributed by atoms with Crippen molar-refractivity contribution in [3.8, 4) is 0 Å². The molecule has 1 saturated carbocycles. The van der Waals surface area contributed by atoms with Crippen molar-refractivity contribution < 1.29 is 4.79 Å². The molecule has 1 aromatic heterocycles. The van der Waals surface area contributed by atoms with Gasteiger partial charge in [-0.15, -0.1) is 0 Å². The topological polar surface area (TPSA) is 69.3 Å². The number of rotatable bonds is 4. The maximum absolute atomic E-state index is 12.8. The molecule has 6 nitrogen and oxygen atoms in total. The molecule has 2 aliphatic heterocycles. The van der Waals surface area contributed by atoms with E-state index in [1.165, 1.54) is 32.1 Å². The fourth-order valence-electron chi connectivity index (χ4n) is 5.27. The van der Waals surface area contributed by atoms with Crippen LogP contribution in [0.5, 0.6) is 0 Å². The van der Waals surface area contributed by atoms with Crippen molar-refractivity contribution in [2.45, 2.75) is 96.2 Å². The summed E-state index contributed by atoms with van der Waals surface area (Å²) in [5, 5.41) is 0. The lowest BCUT2D eigenvalue weighted by molar-refractivity contribution is -0.135. The summed E-state index contributed by atoms with van der Waals surface area (Å²) >= 11 is 0. The van der Waals surface area contributed by atoms with Gasteiger partial charge in [0.15, 0.2) is 0 Å². The van der Waals surface area contributed by atoms with Crippen molar-refractivity contribution in [1.82, 2.24) is 19.8 Å². The molecule has 28 heavy (non-hydrogen) atoms. The van der Waals surface area contributed by atoms with E-state index in [1.807, 2.05) is 11.8 Å². The number of hydrogen-bond acceptors (Lipinski definition) is 4. The third kappa shape index (κ3) is 4.02. The standard InChI is InChI=1S/C22H34N4O2/c1-2-8-20(27)26-13-7-6-11-19(26)21-23-18-15-25(16-9-4-3-5-10-16)14-12-17(18)22(28)24-21/h16,19H,2-15H2,1H3,(H,23,24,28). The van der Waals surface area contributed by atoms with Crippen LogP contribution in [0.3, 0.4) is 0 Å². The number of carbonyl (C=O) groups excluding carboxylic acids is 1. The number of amides is 1. The molecule has 0 bridgehead atoms. The van der Waals surface area contributed by atoms with Crippen LogP contribution in [0.2, 0.25) is 0 Å². The molecule has 1 saturated heterocycles. The number of carbonyl (C=O) groups is 1. The highest BCUT2D eigenvalue weighted by atomic mass is 16.2. The summed E-state index contributed by atoms with van der Waals surface area (Å²) in [6, 6.07) is 0.569. The highest BCUT2D eigenvalue weighted by Crippen LogP contribution is 2.31. The SMILES string of the molecule is CCCC(=O)N1CCCCC1c1nc2c(c(=O)[nH]1)CCN(C1CCCCC1)C2. The Bertz CT molecular complexity index is 753. The third-order valence-electron chi connectivity index (χ3n) is 6.82. The van der Waals surface area contributed by atoms with E-state index in [-0.39, 0.29) is 17.5 Å². The Labute approximate surface area is 167 Å². The molecule has 3 aliphatic rings. The van der Waals surface area contributed by atoms with E-state index in [9.17, 15) is 9.59 Å². The molecule has 1 atom stereocenters. The summed E-state index contributed by atoms with van der Waals surface area (Å²) in [4.78, 5) is 37.9. The Kier molecular flexibility index (Phi) is 6.14. The Morgan fingerprint density at radius 3 is 2.68 bits per heavy atom. The van der Waals surface area contributed by atoms with Crippen molar-refractivity contribution in [2.75, 3.05) is 13.1 Å². The predicted molar refractivity (Wildman–Crippen MR) is 109 cm³/mol. The van der Waals surface area contributed by atoms with Crippen LogP contribution in [0.1, 0.15) is 94.3 Å². The molecule has 4 rings (SSSR count). The average molecular weight is 387 g/mol. The molecule has 1 aromatic rings. The first-order chi connectivity index (χ1) is 13.7. The predicted octanol–water partition coefficient (Wildman–Crippen LogP) is 3.31. The Balaban J connectivity index is 1.58. The van der Waals surface area contributed by atoms with E-state index in [0.29, 0.717) is 18.3 Å². The van der Waals surface area contributed by atoms with E-state index in [1.54, 1.807) is 0 Å². The van der Waals surface area contributed by atoms with Crippen LogP contribution in [-0.4, -0.2) is 44.8 Å². The van der Waals surface area contributed by atoms with E-state index in [4.69, 9.17) is 4.98 Å². The number of piperidine rings is 1. The minimum Gasteiger partial charge on any atom is -0.333 e. The van der Waals surface area contributed by atoms with Crippen LogP contribution in [0.15, 0.2) is 4.79 Å². The first-order valence-corrected chi connectivity index (χ1v) is 11.3. The molecule has 0 radical (unpaired) electrons. The summed E-state index contributed by atoms with van der Waals surface area (Å²) in [6.45, 7) is 4.56. The summed E-state index contributed by atoms with van der Waals surface area (Å²) in [6.07, 6.45) is 11.8. The zero-order chi connectivity index (χ0) is 19.5. The maximum Gasteiger partial charge on any atom is 0.254 e. The molecule has 6 heteroatoms. The van der Waals surface area contributed by atoms with Gasteiger partial charge >= 0.3 is 0 Å². The van der Waals surface area contributed by atoms with Crippen LogP contribution in [0.4, 0.5) is 0 Å². The van der Waals surface area contributed by atoms with Crippen molar-refractivity contribution in [2.24, 2.45) is 0 Å². The third-order valence-corrected chi connectivity index (χ3v) is 6.82. The zero-order valence-electron chi connectivity index (χ0n) is 17.2. The lowest BCUT2D eigenvalue weighted by atomic mass is 9.92. The molecular formula is C22H34N4O2. The van der Waals surface area contributed by atoms with Crippen molar-refractivity contribution >= 4 is 5.91 Å². The minimum atomic E-state index is -0.0733. The lowest BCUT2D eigenvalue weighted by Crippen LogP contribution is -2.44. The Morgan fingerprint density at radius 1 is 1.11 bits per heavy atom. The van der Waals surface area contributed by atoms with Gasteiger partial charge in [-0.2, -0.15) is 0 Å². The van der Waals surface area contributed by atoms with Gasteiger partial charge in [0.1, 0.15) is 5.82 Å². The van der Waals surface area contributed by atoms with Gasteiger partial charge < -0.3 is 9.88 Å². The number of nitrogens with one attached hydrogen (secondary N) is 1. The van der Waals surface area contributed by atoms with Crippen LogP contribution in [0.25, 0.3) is 0 Å². The summed E-state index contributed by atoms with van der Waals surface area (Å²) < 4.78 is 0. The van der Waals surface area contributed by atoms with Crippen LogP contribution >= 0.6 is 0 Å². The number of aromatic nitrogens is 2. The zero-order valence-corrected chi connectivity index (χ0v) is 17.2. The highest BCUT2D eigenvalue weighted by molar-refractivity contribution is 5.76. The van der Waals surface area contributed by atoms with E-state index >= 15 is 0 Å². The number of nitrogens with zero attached hydrogens (tertiary/aromatic N) is 3. The minimum absolute atomic E-state index is 0.0109. The summed E-state index contributed by atoms with van der Waals surface area (Å²) in [7, 11) is 0. The van der Waals surface area contributed by atoms with Gasteiger partial charge in [0.2, 0.25) is 5.91 Å². The van der Waals surface area contributed by atoms with Gasteiger partial charge in [-0.25, -0.2) is 4.98 Å². The number of fused-ring (bicyclic) bond motifs is 1. The smallest absolute Gasteiger partial charge is 0.254 e. The van der Waals surface area contributed by atoms with E-state index in [2.05, 4.69) is 9.88 Å². The number of aromatic amines is 1. The molecule has 0 spiro atoms. The van der Waals surface area contributed by atoms with Crippen LogP contribution in [0, 0.1) is 0 Å². The first-order valence-electron chi connectivity index (χ1n) is 11.3. The summed E-state index contributed by atoms with van der Waals surface area (Å²) in [5.74, 6) is 0.898. The molecule has 3 heterocycles. The lowest BCUT2D eigenvalue weighted by Gasteiger charge is -2.38. The summed E-state index contributed by atoms with van der Waals surface area (Å²) in [5.41, 5.74) is 1.82. The normalized spacial score (nSPS) is 24.2. The molecule has 1 N–H and O–H groups in total. The quantitative estimate of drug-likeness (QED) is 0.862. The highest BCUT2D eigenvalue weighted by Gasteiger charge is 2.32. The van der Waals surface area contributed by atoms with E-state index < -0.39 is 0 Å². The van der Waals surface area contributed by atoms with Gasteiger partial charge in [-0.1, -0.05) is 26.2 Å². The second-order valence-corrected chi connectivity index (χ2v) is 8.74. The van der Waals surface area contributed by atoms with Gasteiger partial charge in [-0.05, 0) is 44.9 Å². The van der Waals surface area contributed by atoms with Crippen LogP contribution in [-0.2, 0) is 17.8 Å². The molecule has 1 aliphatic carbocycles. The molecule has 1 unspecified atom stereocenters. The maximum atomic E-state index is 12.8. The van der Waals surface area contributed by atoms with Crippen LogP contribution < -0.4 is 5.56 Å². The largest absolute Gasteiger partial charge is 0.333 e. The number of hydrogen-bond donors (Lipinski definition) is 1. The number of likely N-dealkylation sites (tertiary alicyclic amines) is 1. The molecule has 2 fully saturated rings. The Hall–Kier alpha value is -1.69. The van der Waals surface area contributed by atoms with Crippen molar-refractivity contribution in [1.29, 1.82) is 0 Å². The van der Waals surface area contributed by atoms with E-state index in [0.717, 1.165) is 63.0 Å². The molecule has 0 aromatic carbocycles. The fraction of sp³-hybridized carbons (Fsp3) is 0.773. The molecule has 154 valence electrons. The average Bonchev–Trinajstić information content (AvgIpc) is 2.74. The van der Waals surface area contributed by atoms with Gasteiger partial charge in [-0.3, -0.25) is 14.5 Å². The van der Waals surface area contributed by atoms with Gasteiger partial charge in [0.25, 0.3) is 5.56 Å².